The van der Waals surface area contributed by atoms with Gasteiger partial charge >= 0.3 is 0 Å². The van der Waals surface area contributed by atoms with E-state index in [-0.39, 0.29) is 0 Å². The molecule has 0 saturated heterocycles. The van der Waals surface area contributed by atoms with E-state index in [1.54, 1.807) is 5.57 Å². The van der Waals surface area contributed by atoms with E-state index in [0.717, 1.165) is 17.8 Å². The number of fused-ring (bicyclic) bond motifs is 1. The maximum atomic E-state index is 2.56. The lowest BCUT2D eigenvalue weighted by Gasteiger charge is -2.48. The molecule has 0 spiro atoms. The Labute approximate surface area is 103 Å². The molecule has 16 heavy (non-hydrogen) atoms. The lowest BCUT2D eigenvalue weighted by molar-refractivity contribution is 0.117. The van der Waals surface area contributed by atoms with Gasteiger partial charge in [-0.2, -0.15) is 0 Å². The SMILES string of the molecule is CC.CC1CCC2(C)C(=CCC(C)C2C)C1. The molecular weight excluding hydrogens is 192 g/mol. The average molecular weight is 222 g/mol. The Kier molecular flexibility index (Phi) is 4.64. The Bertz CT molecular complexity index is 251. The number of hydrogen-bond donors (Lipinski definition) is 0. The molecule has 1 saturated carbocycles. The molecule has 0 aromatic heterocycles. The van der Waals surface area contributed by atoms with Gasteiger partial charge in [-0.3, -0.25) is 0 Å². The predicted octanol–water partition coefficient (Wildman–Crippen LogP) is 5.44. The molecule has 0 N–H and O–H groups in total. The molecule has 2 aliphatic carbocycles. The number of rotatable bonds is 0. The quantitative estimate of drug-likeness (QED) is 0.479. The van der Waals surface area contributed by atoms with E-state index in [9.17, 15) is 0 Å². The molecule has 0 amide bonds. The van der Waals surface area contributed by atoms with Gasteiger partial charge in [-0.1, -0.05) is 53.2 Å². The fraction of sp³-hybridized carbons (Fsp3) is 0.875. The van der Waals surface area contributed by atoms with Gasteiger partial charge in [0.05, 0.1) is 0 Å². The van der Waals surface area contributed by atoms with Crippen molar-refractivity contribution in [3.63, 3.8) is 0 Å². The smallest absolute Gasteiger partial charge is 0.00879 e. The monoisotopic (exact) mass is 222 g/mol. The van der Waals surface area contributed by atoms with Gasteiger partial charge in [0.25, 0.3) is 0 Å². The van der Waals surface area contributed by atoms with E-state index in [0.29, 0.717) is 5.41 Å². The fourth-order valence-electron chi connectivity index (χ4n) is 3.41. The third-order valence-corrected chi connectivity index (χ3v) is 5.05. The Morgan fingerprint density at radius 1 is 1.19 bits per heavy atom. The largest absolute Gasteiger partial charge is 0.0845 e. The van der Waals surface area contributed by atoms with Crippen LogP contribution in [0.2, 0.25) is 0 Å². The molecule has 94 valence electrons. The van der Waals surface area contributed by atoms with Crippen LogP contribution in [0, 0.1) is 23.2 Å². The highest BCUT2D eigenvalue weighted by Gasteiger charge is 2.42. The van der Waals surface area contributed by atoms with Crippen LogP contribution in [0.5, 0.6) is 0 Å². The molecule has 2 rings (SSSR count). The van der Waals surface area contributed by atoms with Crippen LogP contribution in [0.4, 0.5) is 0 Å². The van der Waals surface area contributed by atoms with Crippen molar-refractivity contribution < 1.29 is 0 Å². The van der Waals surface area contributed by atoms with E-state index >= 15 is 0 Å². The Morgan fingerprint density at radius 2 is 1.81 bits per heavy atom. The fourth-order valence-corrected chi connectivity index (χ4v) is 3.41. The van der Waals surface area contributed by atoms with Crippen molar-refractivity contribution >= 4 is 0 Å². The van der Waals surface area contributed by atoms with Crippen LogP contribution in [-0.2, 0) is 0 Å². The minimum atomic E-state index is 0.546. The molecule has 1 fully saturated rings. The maximum absolute atomic E-state index is 2.56. The zero-order valence-electron chi connectivity index (χ0n) is 12.1. The molecule has 0 aromatic rings. The van der Waals surface area contributed by atoms with E-state index in [1.807, 2.05) is 13.8 Å². The van der Waals surface area contributed by atoms with Crippen molar-refractivity contribution in [2.24, 2.45) is 23.2 Å². The predicted molar refractivity (Wildman–Crippen MR) is 73.5 cm³/mol. The molecule has 0 aromatic carbocycles. The Morgan fingerprint density at radius 3 is 2.44 bits per heavy atom. The second kappa shape index (κ2) is 5.38. The third kappa shape index (κ3) is 2.36. The molecule has 0 heterocycles. The summed E-state index contributed by atoms with van der Waals surface area (Å²) in [5.74, 6) is 2.70. The molecule has 4 atom stereocenters. The summed E-state index contributed by atoms with van der Waals surface area (Å²) in [6, 6.07) is 0. The van der Waals surface area contributed by atoms with Gasteiger partial charge in [-0.05, 0) is 48.9 Å². The van der Waals surface area contributed by atoms with Crippen molar-refractivity contribution in [1.82, 2.24) is 0 Å². The lowest BCUT2D eigenvalue weighted by atomic mass is 9.57. The van der Waals surface area contributed by atoms with Crippen LogP contribution in [0.15, 0.2) is 11.6 Å². The normalized spacial score (nSPS) is 42.6. The average Bonchev–Trinajstić information content (AvgIpc) is 2.30. The van der Waals surface area contributed by atoms with Crippen molar-refractivity contribution in [1.29, 1.82) is 0 Å². The van der Waals surface area contributed by atoms with Gasteiger partial charge in [0.15, 0.2) is 0 Å². The summed E-state index contributed by atoms with van der Waals surface area (Å²) in [4.78, 5) is 0. The zero-order chi connectivity index (χ0) is 12.3. The van der Waals surface area contributed by atoms with Crippen molar-refractivity contribution in [3.8, 4) is 0 Å². The summed E-state index contributed by atoms with van der Waals surface area (Å²) >= 11 is 0. The first-order chi connectivity index (χ1) is 7.54. The van der Waals surface area contributed by atoms with Crippen molar-refractivity contribution in [2.75, 3.05) is 0 Å². The first-order valence-electron chi connectivity index (χ1n) is 7.23. The first kappa shape index (κ1) is 13.8. The lowest BCUT2D eigenvalue weighted by Crippen LogP contribution is -2.38. The summed E-state index contributed by atoms with van der Waals surface area (Å²) in [5.41, 5.74) is 2.33. The van der Waals surface area contributed by atoms with Gasteiger partial charge < -0.3 is 0 Å². The second-order valence-corrected chi connectivity index (χ2v) is 6.00. The zero-order valence-corrected chi connectivity index (χ0v) is 12.1. The van der Waals surface area contributed by atoms with E-state index in [2.05, 4.69) is 33.8 Å². The molecule has 0 aliphatic heterocycles. The highest BCUT2D eigenvalue weighted by molar-refractivity contribution is 5.21. The molecule has 2 aliphatic rings. The molecule has 0 nitrogen and oxygen atoms in total. The third-order valence-electron chi connectivity index (χ3n) is 5.05. The van der Waals surface area contributed by atoms with Gasteiger partial charge in [-0.15, -0.1) is 0 Å². The molecule has 0 heteroatoms. The summed E-state index contributed by atoms with van der Waals surface area (Å²) in [6.07, 6.45) is 8.10. The number of allylic oxidation sites excluding steroid dienone is 2. The van der Waals surface area contributed by atoms with Crippen LogP contribution in [0.25, 0.3) is 0 Å². The minimum Gasteiger partial charge on any atom is -0.0845 e. The van der Waals surface area contributed by atoms with Crippen LogP contribution in [-0.4, -0.2) is 0 Å². The van der Waals surface area contributed by atoms with Gasteiger partial charge in [-0.25, -0.2) is 0 Å². The topological polar surface area (TPSA) is 0 Å². The second-order valence-electron chi connectivity index (χ2n) is 6.00. The molecule has 0 radical (unpaired) electrons. The first-order valence-corrected chi connectivity index (χ1v) is 7.23. The van der Waals surface area contributed by atoms with Crippen LogP contribution < -0.4 is 0 Å². The van der Waals surface area contributed by atoms with Crippen molar-refractivity contribution in [2.45, 2.75) is 67.2 Å². The van der Waals surface area contributed by atoms with Gasteiger partial charge in [0, 0.05) is 0 Å². The van der Waals surface area contributed by atoms with E-state index in [4.69, 9.17) is 0 Å². The summed E-state index contributed by atoms with van der Waals surface area (Å²) in [6.45, 7) is 13.8. The van der Waals surface area contributed by atoms with Gasteiger partial charge in [0.1, 0.15) is 0 Å². The molecular formula is C16H30. The Balaban J connectivity index is 0.000000606. The summed E-state index contributed by atoms with van der Waals surface area (Å²) < 4.78 is 0. The van der Waals surface area contributed by atoms with Crippen LogP contribution in [0.1, 0.15) is 67.2 Å². The molecule has 4 unspecified atom stereocenters. The number of hydrogen-bond acceptors (Lipinski definition) is 0. The highest BCUT2D eigenvalue weighted by atomic mass is 14.5. The van der Waals surface area contributed by atoms with Gasteiger partial charge in [0.2, 0.25) is 0 Å². The Hall–Kier alpha value is -0.260. The highest BCUT2D eigenvalue weighted by Crippen LogP contribution is 2.53. The maximum Gasteiger partial charge on any atom is -0.00879 e. The van der Waals surface area contributed by atoms with Crippen LogP contribution >= 0.6 is 0 Å². The minimum absolute atomic E-state index is 0.546. The summed E-state index contributed by atoms with van der Waals surface area (Å²) in [5, 5.41) is 0. The van der Waals surface area contributed by atoms with E-state index in [1.165, 1.54) is 25.7 Å². The summed E-state index contributed by atoms with van der Waals surface area (Å²) in [7, 11) is 0. The van der Waals surface area contributed by atoms with Crippen LogP contribution in [0.3, 0.4) is 0 Å². The van der Waals surface area contributed by atoms with Crippen molar-refractivity contribution in [3.05, 3.63) is 11.6 Å². The molecule has 0 bridgehead atoms. The van der Waals surface area contributed by atoms with E-state index < -0.39 is 0 Å². The standard InChI is InChI=1S/C14H24.C2H6/c1-10-7-8-14(4)12(3)11(2)5-6-13(14)9-10;1-2/h6,10-12H,5,7-9H2,1-4H3;1-2H3.